The fourth-order valence-electron chi connectivity index (χ4n) is 6.29. The molecule has 1 saturated heterocycles. The molecule has 0 bridgehead atoms. The van der Waals surface area contributed by atoms with Crippen LogP contribution >= 0.6 is 11.6 Å². The number of ether oxygens (including phenoxy) is 3. The Balaban J connectivity index is 1.35. The number of rotatable bonds is 12. The van der Waals surface area contributed by atoms with Gasteiger partial charge in [-0.1, -0.05) is 30.7 Å². The third-order valence-electron chi connectivity index (χ3n) is 9.08. The van der Waals surface area contributed by atoms with Gasteiger partial charge in [0.15, 0.2) is 11.5 Å². The maximum absolute atomic E-state index is 14.1. The quantitative estimate of drug-likeness (QED) is 0.164. The van der Waals surface area contributed by atoms with Crippen molar-refractivity contribution in [2.75, 3.05) is 56.3 Å². The molecule has 8 nitrogen and oxygen atoms in total. The Morgan fingerprint density at radius 1 is 1.00 bits per heavy atom. The van der Waals surface area contributed by atoms with Gasteiger partial charge in [0.05, 0.1) is 38.9 Å². The van der Waals surface area contributed by atoms with Crippen LogP contribution in [0.15, 0.2) is 85.2 Å². The molecule has 9 heteroatoms. The highest BCUT2D eigenvalue weighted by Gasteiger charge is 2.36. The Morgan fingerprint density at radius 2 is 1.72 bits per heavy atom. The van der Waals surface area contributed by atoms with E-state index < -0.39 is 0 Å². The van der Waals surface area contributed by atoms with Crippen molar-refractivity contribution in [3.05, 3.63) is 112 Å². The molecule has 0 spiro atoms. The molecule has 1 aromatic heterocycles. The molecule has 0 radical (unpaired) electrons. The monoisotopic (exact) mass is 654 g/mol. The van der Waals surface area contributed by atoms with E-state index in [-0.39, 0.29) is 24.5 Å². The topological polar surface area (TPSA) is 67.4 Å². The highest BCUT2D eigenvalue weighted by atomic mass is 35.5. The lowest BCUT2D eigenvalue weighted by molar-refractivity contribution is -0.118. The Morgan fingerprint density at radius 3 is 2.40 bits per heavy atom. The number of pyridine rings is 1. The van der Waals surface area contributed by atoms with Crippen molar-refractivity contribution >= 4 is 28.9 Å². The molecule has 246 valence electrons. The number of aromatic nitrogens is 1. The van der Waals surface area contributed by atoms with Gasteiger partial charge in [-0.3, -0.25) is 14.7 Å². The summed E-state index contributed by atoms with van der Waals surface area (Å²) in [5.41, 5.74) is 6.05. The predicted molar refractivity (Wildman–Crippen MR) is 187 cm³/mol. The van der Waals surface area contributed by atoms with Gasteiger partial charge >= 0.3 is 0 Å². The van der Waals surface area contributed by atoms with Gasteiger partial charge in [0.1, 0.15) is 0 Å². The van der Waals surface area contributed by atoms with Crippen molar-refractivity contribution < 1.29 is 19.0 Å². The van der Waals surface area contributed by atoms with Gasteiger partial charge in [0.25, 0.3) is 0 Å². The van der Waals surface area contributed by atoms with Crippen molar-refractivity contribution in [2.24, 2.45) is 0 Å². The third kappa shape index (κ3) is 7.73. The molecule has 6 rings (SSSR count). The third-order valence-corrected chi connectivity index (χ3v) is 9.34. The molecule has 2 atom stereocenters. The normalized spacial score (nSPS) is 17.2. The van der Waals surface area contributed by atoms with Crippen molar-refractivity contribution in [2.45, 2.75) is 45.4 Å². The van der Waals surface area contributed by atoms with E-state index in [1.165, 1.54) is 5.56 Å². The zero-order chi connectivity index (χ0) is 32.8. The summed E-state index contributed by atoms with van der Waals surface area (Å²) in [7, 11) is 1.64. The average molecular weight is 655 g/mol. The zero-order valence-corrected chi connectivity index (χ0v) is 28.2. The zero-order valence-electron chi connectivity index (χ0n) is 27.4. The van der Waals surface area contributed by atoms with E-state index in [1.54, 1.807) is 7.11 Å². The molecule has 0 N–H and O–H groups in total. The highest BCUT2D eigenvalue weighted by Crippen LogP contribution is 2.44. The summed E-state index contributed by atoms with van der Waals surface area (Å²) in [5, 5.41) is 0.647. The molecule has 0 saturated carbocycles. The number of nitrogens with zero attached hydrogens (tertiary/aromatic N) is 4. The summed E-state index contributed by atoms with van der Waals surface area (Å²) in [6.45, 7) is 10.2. The minimum absolute atomic E-state index is 0.0168. The second-order valence-corrected chi connectivity index (χ2v) is 12.6. The Bertz CT molecular complexity index is 1630. The van der Waals surface area contributed by atoms with Crippen LogP contribution < -0.4 is 19.3 Å². The summed E-state index contributed by atoms with van der Waals surface area (Å²) >= 11 is 6.32. The van der Waals surface area contributed by atoms with Crippen LogP contribution in [0.4, 0.5) is 11.4 Å². The van der Waals surface area contributed by atoms with E-state index in [4.69, 9.17) is 25.8 Å². The summed E-state index contributed by atoms with van der Waals surface area (Å²) < 4.78 is 17.6. The summed E-state index contributed by atoms with van der Waals surface area (Å²) in [6.07, 6.45) is 4.81. The second kappa shape index (κ2) is 15.2. The van der Waals surface area contributed by atoms with Crippen LogP contribution in [0.3, 0.4) is 0 Å². The second-order valence-electron chi connectivity index (χ2n) is 12.2. The van der Waals surface area contributed by atoms with Crippen molar-refractivity contribution in [1.82, 2.24) is 9.88 Å². The summed E-state index contributed by atoms with van der Waals surface area (Å²) in [5.74, 6) is 1.33. The standard InChI is InChI=1S/C38H43ClN4O4/c1-4-27(2)47-36-25-34-30(23-35(36)45-3)24-37(44)43(38(34)29-5-7-31(39)8-6-29)33-11-9-32(10-12-33)42(26-28-13-15-40-16-14-28)18-17-41-19-21-46-22-20-41/h5-16,23,25,27,38H,4,17-22,24,26H2,1-3H3/t27-,38?/m1/s1. The number of carbonyl (C=O) groups is 1. The van der Waals surface area contributed by atoms with E-state index in [1.807, 2.05) is 54.5 Å². The van der Waals surface area contributed by atoms with Crippen molar-refractivity contribution in [1.29, 1.82) is 0 Å². The summed E-state index contributed by atoms with van der Waals surface area (Å²) in [6, 6.07) is 23.9. The number of halogens is 1. The van der Waals surface area contributed by atoms with Crippen molar-refractivity contribution in [3.8, 4) is 11.5 Å². The first-order valence-corrected chi connectivity index (χ1v) is 16.8. The van der Waals surface area contributed by atoms with Gasteiger partial charge in [-0.25, -0.2) is 0 Å². The number of morpholine rings is 1. The lowest BCUT2D eigenvalue weighted by Gasteiger charge is -2.38. The lowest BCUT2D eigenvalue weighted by atomic mass is 9.86. The number of methoxy groups -OCH3 is 1. The summed E-state index contributed by atoms with van der Waals surface area (Å²) in [4.78, 5) is 25.0. The van der Waals surface area contributed by atoms with E-state index in [9.17, 15) is 4.79 Å². The van der Waals surface area contributed by atoms with Gasteiger partial charge < -0.3 is 24.0 Å². The van der Waals surface area contributed by atoms with Crippen LogP contribution in [0, 0.1) is 0 Å². The molecule has 0 aliphatic carbocycles. The highest BCUT2D eigenvalue weighted by molar-refractivity contribution is 6.30. The maximum atomic E-state index is 14.1. The smallest absolute Gasteiger partial charge is 0.232 e. The maximum Gasteiger partial charge on any atom is 0.232 e. The first-order chi connectivity index (χ1) is 22.9. The lowest BCUT2D eigenvalue weighted by Crippen LogP contribution is -2.41. The van der Waals surface area contributed by atoms with Gasteiger partial charge in [0.2, 0.25) is 5.91 Å². The largest absolute Gasteiger partial charge is 0.493 e. The van der Waals surface area contributed by atoms with E-state index in [0.717, 1.165) is 80.4 Å². The number of carbonyl (C=O) groups excluding carboxylic acids is 1. The van der Waals surface area contributed by atoms with Crippen molar-refractivity contribution in [3.63, 3.8) is 0 Å². The Labute approximate surface area is 282 Å². The number of amides is 1. The molecule has 2 aliphatic heterocycles. The molecule has 47 heavy (non-hydrogen) atoms. The van der Waals surface area contributed by atoms with Gasteiger partial charge in [0, 0.05) is 61.5 Å². The average Bonchev–Trinajstić information content (AvgIpc) is 3.11. The van der Waals surface area contributed by atoms with E-state index in [2.05, 4.69) is 64.2 Å². The number of anilines is 2. The van der Waals surface area contributed by atoms with E-state index in [0.29, 0.717) is 16.5 Å². The van der Waals surface area contributed by atoms with E-state index >= 15 is 0 Å². The molecule has 1 amide bonds. The molecule has 2 aliphatic rings. The molecule has 3 heterocycles. The SMILES string of the molecule is CC[C@@H](C)Oc1cc2c(cc1OC)CC(=O)N(c1ccc(N(CCN3CCOCC3)Cc3ccncc3)cc1)C2c1ccc(Cl)cc1. The number of fused-ring (bicyclic) bond motifs is 1. The molecule has 1 fully saturated rings. The van der Waals surface area contributed by atoms with Gasteiger partial charge in [-0.2, -0.15) is 0 Å². The molecule has 4 aromatic rings. The minimum atomic E-state index is -0.367. The van der Waals surface area contributed by atoms with Crippen LogP contribution in [-0.4, -0.2) is 68.4 Å². The number of hydrogen-bond donors (Lipinski definition) is 0. The molecule has 1 unspecified atom stereocenters. The number of hydrogen-bond acceptors (Lipinski definition) is 7. The van der Waals surface area contributed by atoms with Crippen LogP contribution in [0.2, 0.25) is 5.02 Å². The minimum Gasteiger partial charge on any atom is -0.493 e. The molecule has 3 aromatic carbocycles. The van der Waals surface area contributed by atoms with Crippen LogP contribution in [0.25, 0.3) is 0 Å². The predicted octanol–water partition coefficient (Wildman–Crippen LogP) is 6.94. The Hall–Kier alpha value is -4.11. The first kappa shape index (κ1) is 32.8. The fourth-order valence-corrected chi connectivity index (χ4v) is 6.42. The fraction of sp³-hybridized carbons (Fsp3) is 0.368. The first-order valence-electron chi connectivity index (χ1n) is 16.4. The van der Waals surface area contributed by atoms with Crippen LogP contribution in [-0.2, 0) is 22.5 Å². The van der Waals surface area contributed by atoms with Crippen LogP contribution in [0.1, 0.15) is 48.6 Å². The number of benzene rings is 3. The molecular formula is C38H43ClN4O4. The van der Waals surface area contributed by atoms with Crippen LogP contribution in [0.5, 0.6) is 11.5 Å². The Kier molecular flexibility index (Phi) is 10.6. The molecular weight excluding hydrogens is 612 g/mol. The van der Waals surface area contributed by atoms with Gasteiger partial charge in [-0.05, 0) is 96.3 Å². The van der Waals surface area contributed by atoms with Gasteiger partial charge in [-0.15, -0.1) is 0 Å².